The molecule has 2 rings (SSSR count). The molecule has 1 heterocycles. The predicted molar refractivity (Wildman–Crippen MR) is 91.8 cm³/mol. The zero-order valence-corrected chi connectivity index (χ0v) is 13.7. The number of hydrogen-bond acceptors (Lipinski definition) is 4. The fourth-order valence-electron chi connectivity index (χ4n) is 2.35. The fourth-order valence-corrected chi connectivity index (χ4v) is 2.35. The third kappa shape index (κ3) is 4.54. The molecule has 20 heavy (non-hydrogen) atoms. The Kier molecular flexibility index (Phi) is 8.62. The lowest BCUT2D eigenvalue weighted by molar-refractivity contribution is 0.464. The first-order valence-corrected chi connectivity index (χ1v) is 6.51. The number of benzene rings is 1. The van der Waals surface area contributed by atoms with Gasteiger partial charge in [-0.1, -0.05) is 18.2 Å². The van der Waals surface area contributed by atoms with Gasteiger partial charge in [0.25, 0.3) is 0 Å². The molecule has 0 saturated carbocycles. The van der Waals surface area contributed by atoms with E-state index in [1.165, 1.54) is 16.8 Å². The fraction of sp³-hybridized carbons (Fsp3) is 0.500. The molecule has 0 atom stereocenters. The van der Waals surface area contributed by atoms with E-state index in [0.29, 0.717) is 6.54 Å². The summed E-state index contributed by atoms with van der Waals surface area (Å²) >= 11 is 0. The van der Waals surface area contributed by atoms with Crippen molar-refractivity contribution in [2.75, 3.05) is 38.0 Å². The van der Waals surface area contributed by atoms with Gasteiger partial charge in [0.1, 0.15) is 5.84 Å². The number of aliphatic imine (C=N–C) groups is 1. The summed E-state index contributed by atoms with van der Waals surface area (Å²) in [6.07, 6.45) is 0. The van der Waals surface area contributed by atoms with Gasteiger partial charge < -0.3 is 16.0 Å². The molecule has 0 aliphatic carbocycles. The smallest absolute Gasteiger partial charge is 0.119 e. The van der Waals surface area contributed by atoms with Crippen LogP contribution in [0.4, 0.5) is 5.69 Å². The van der Waals surface area contributed by atoms with Crippen LogP contribution in [0.15, 0.2) is 23.2 Å². The van der Waals surface area contributed by atoms with Crippen molar-refractivity contribution in [1.29, 1.82) is 0 Å². The first-order chi connectivity index (χ1) is 8.72. The summed E-state index contributed by atoms with van der Waals surface area (Å²) in [6, 6.07) is 6.34. The van der Waals surface area contributed by atoms with Crippen molar-refractivity contribution in [3.8, 4) is 0 Å². The quantitative estimate of drug-likeness (QED) is 0.875. The lowest BCUT2D eigenvalue weighted by Crippen LogP contribution is -2.36. The maximum absolute atomic E-state index is 5.61. The lowest BCUT2D eigenvalue weighted by Gasteiger charge is -2.21. The van der Waals surface area contributed by atoms with Gasteiger partial charge in [-0.2, -0.15) is 0 Å². The van der Waals surface area contributed by atoms with Crippen LogP contribution in [-0.2, 0) is 0 Å². The van der Waals surface area contributed by atoms with Crippen molar-refractivity contribution in [2.24, 2.45) is 10.7 Å². The van der Waals surface area contributed by atoms with Crippen LogP contribution in [0.1, 0.15) is 11.1 Å². The number of aryl methyl sites for hydroxylation is 2. The van der Waals surface area contributed by atoms with Crippen molar-refractivity contribution in [3.63, 3.8) is 0 Å². The summed E-state index contributed by atoms with van der Waals surface area (Å²) in [6.45, 7) is 8.51. The van der Waals surface area contributed by atoms with E-state index in [0.717, 1.165) is 32.0 Å². The van der Waals surface area contributed by atoms with Crippen molar-refractivity contribution in [2.45, 2.75) is 13.8 Å². The van der Waals surface area contributed by atoms with Crippen molar-refractivity contribution >= 4 is 36.3 Å². The second-order valence-electron chi connectivity index (χ2n) is 4.69. The van der Waals surface area contributed by atoms with Crippen molar-refractivity contribution < 1.29 is 0 Å². The average Bonchev–Trinajstić information content (AvgIpc) is 2.77. The Labute approximate surface area is 133 Å². The summed E-state index contributed by atoms with van der Waals surface area (Å²) in [4.78, 5) is 6.80. The molecule has 1 aliphatic heterocycles. The molecule has 3 N–H and O–H groups in total. The third-order valence-corrected chi connectivity index (χ3v) is 3.33. The maximum Gasteiger partial charge on any atom is 0.119 e. The summed E-state index contributed by atoms with van der Waals surface area (Å²) in [7, 11) is 0. The highest BCUT2D eigenvalue weighted by atomic mass is 35.5. The average molecular weight is 319 g/mol. The molecule has 0 bridgehead atoms. The van der Waals surface area contributed by atoms with Crippen LogP contribution < -0.4 is 11.1 Å². The van der Waals surface area contributed by atoms with Gasteiger partial charge in [0.15, 0.2) is 0 Å². The third-order valence-electron chi connectivity index (χ3n) is 3.33. The van der Waals surface area contributed by atoms with Crippen LogP contribution in [0.5, 0.6) is 0 Å². The topological polar surface area (TPSA) is 53.7 Å². The Bertz CT molecular complexity index is 429. The molecule has 0 saturated heterocycles. The zero-order chi connectivity index (χ0) is 13.0. The molecule has 0 unspecified atom stereocenters. The number of rotatable bonds is 5. The molecule has 6 heteroatoms. The molecule has 1 aromatic carbocycles. The van der Waals surface area contributed by atoms with E-state index in [1.807, 2.05) is 0 Å². The lowest BCUT2D eigenvalue weighted by atomic mass is 10.1. The molecule has 1 aromatic rings. The highest BCUT2D eigenvalue weighted by molar-refractivity contribution is 5.88. The second kappa shape index (κ2) is 9.06. The molecule has 0 spiro atoms. The van der Waals surface area contributed by atoms with E-state index in [-0.39, 0.29) is 24.8 Å². The van der Waals surface area contributed by atoms with Gasteiger partial charge in [-0.25, -0.2) is 0 Å². The summed E-state index contributed by atoms with van der Waals surface area (Å²) in [5.41, 5.74) is 9.38. The van der Waals surface area contributed by atoms with E-state index >= 15 is 0 Å². The Morgan fingerprint density at radius 2 is 1.90 bits per heavy atom. The number of amidine groups is 1. The van der Waals surface area contributed by atoms with Crippen LogP contribution in [-0.4, -0.2) is 43.5 Å². The molecule has 0 fully saturated rings. The largest absolute Gasteiger partial charge is 0.377 e. The monoisotopic (exact) mass is 318 g/mol. The molecule has 114 valence electrons. The Morgan fingerprint density at radius 1 is 1.25 bits per heavy atom. The van der Waals surface area contributed by atoms with E-state index in [4.69, 9.17) is 5.73 Å². The number of nitrogens with zero attached hydrogens (tertiary/aromatic N) is 2. The minimum Gasteiger partial charge on any atom is -0.377 e. The van der Waals surface area contributed by atoms with Gasteiger partial charge in [-0.3, -0.25) is 4.99 Å². The minimum atomic E-state index is 0. The van der Waals surface area contributed by atoms with Gasteiger partial charge in [-0.05, 0) is 25.0 Å². The predicted octanol–water partition coefficient (Wildman–Crippen LogP) is 2.23. The standard InChI is InChI=1S/C14H22N4.2ClH/c1-11-4-3-5-12(2)14(11)17-10-13-16-7-9-18(13)8-6-15;;/h3-5,17H,6-10,15H2,1-2H3;2*1H. The zero-order valence-electron chi connectivity index (χ0n) is 12.1. The first kappa shape index (κ1) is 19.0. The summed E-state index contributed by atoms with van der Waals surface area (Å²) < 4.78 is 0. The van der Waals surface area contributed by atoms with Gasteiger partial charge in [0.05, 0.1) is 13.1 Å². The van der Waals surface area contributed by atoms with Gasteiger partial charge in [-0.15, -0.1) is 24.8 Å². The van der Waals surface area contributed by atoms with Crippen LogP contribution in [0.2, 0.25) is 0 Å². The van der Waals surface area contributed by atoms with E-state index in [2.05, 4.69) is 47.3 Å². The molecule has 0 aromatic heterocycles. The molecule has 0 amide bonds. The van der Waals surface area contributed by atoms with Crippen molar-refractivity contribution in [3.05, 3.63) is 29.3 Å². The second-order valence-corrected chi connectivity index (χ2v) is 4.69. The first-order valence-electron chi connectivity index (χ1n) is 6.51. The number of halogens is 2. The molecule has 4 nitrogen and oxygen atoms in total. The maximum atomic E-state index is 5.61. The van der Waals surface area contributed by atoms with E-state index < -0.39 is 0 Å². The van der Waals surface area contributed by atoms with Crippen LogP contribution in [0.3, 0.4) is 0 Å². The molecule has 0 radical (unpaired) electrons. The molecular weight excluding hydrogens is 295 g/mol. The van der Waals surface area contributed by atoms with Crippen LogP contribution >= 0.6 is 24.8 Å². The Hall–Kier alpha value is -0.970. The highest BCUT2D eigenvalue weighted by Gasteiger charge is 2.15. The summed E-state index contributed by atoms with van der Waals surface area (Å²) in [5.74, 6) is 1.13. The van der Waals surface area contributed by atoms with Crippen LogP contribution in [0.25, 0.3) is 0 Å². The number of anilines is 1. The number of para-hydroxylation sites is 1. The number of nitrogens with two attached hydrogens (primary N) is 1. The van der Waals surface area contributed by atoms with Gasteiger partial charge >= 0.3 is 0 Å². The van der Waals surface area contributed by atoms with E-state index in [1.54, 1.807) is 0 Å². The number of hydrogen-bond donors (Lipinski definition) is 2. The molecule has 1 aliphatic rings. The minimum absolute atomic E-state index is 0. The number of nitrogens with one attached hydrogen (secondary N) is 1. The highest BCUT2D eigenvalue weighted by Crippen LogP contribution is 2.19. The van der Waals surface area contributed by atoms with Crippen LogP contribution in [0, 0.1) is 13.8 Å². The molecular formula is C14H24Cl2N4. The Balaban J connectivity index is 0.00000180. The SMILES string of the molecule is Cc1cccc(C)c1NCC1=NCCN1CCN.Cl.Cl. The van der Waals surface area contributed by atoms with Crippen molar-refractivity contribution in [1.82, 2.24) is 4.90 Å². The van der Waals surface area contributed by atoms with Gasteiger partial charge in [0, 0.05) is 25.3 Å². The summed E-state index contributed by atoms with van der Waals surface area (Å²) in [5, 5.41) is 3.50. The normalized spacial score (nSPS) is 13.3. The van der Waals surface area contributed by atoms with E-state index in [9.17, 15) is 0 Å². The van der Waals surface area contributed by atoms with Gasteiger partial charge in [0.2, 0.25) is 0 Å². The Morgan fingerprint density at radius 3 is 2.50 bits per heavy atom.